The molecule has 0 spiro atoms. The lowest BCUT2D eigenvalue weighted by Gasteiger charge is -1.99. The molecule has 0 radical (unpaired) electrons. The molecular formula is C18H24N2O3. The van der Waals surface area contributed by atoms with Gasteiger partial charge in [0.1, 0.15) is 0 Å². The molecule has 1 N–H and O–H groups in total. The first-order chi connectivity index (χ1) is 11.2. The largest absolute Gasteiger partial charge is 0.478 e. The minimum atomic E-state index is -0.943. The molecular weight excluding hydrogens is 292 g/mol. The van der Waals surface area contributed by atoms with Gasteiger partial charge in [0.15, 0.2) is 0 Å². The summed E-state index contributed by atoms with van der Waals surface area (Å²) in [4.78, 5) is 10.8. The summed E-state index contributed by atoms with van der Waals surface area (Å²) in [5.41, 5.74) is 0.991. The van der Waals surface area contributed by atoms with Gasteiger partial charge in [-0.05, 0) is 30.7 Å². The predicted octanol–water partition coefficient (Wildman–Crippen LogP) is 4.73. The Labute approximate surface area is 136 Å². The molecule has 2 aromatic rings. The first kappa shape index (κ1) is 17.2. The molecule has 0 saturated carbocycles. The van der Waals surface area contributed by atoms with Gasteiger partial charge in [-0.2, -0.15) is 0 Å². The molecule has 1 aromatic heterocycles. The number of carboxylic acid groups (broad SMARTS) is 1. The molecule has 0 aliphatic rings. The maximum absolute atomic E-state index is 10.8. The summed E-state index contributed by atoms with van der Waals surface area (Å²) in [6.45, 7) is 2.22. The number of hydrogen-bond donors (Lipinski definition) is 1. The molecule has 2 rings (SSSR count). The maximum atomic E-state index is 10.8. The van der Waals surface area contributed by atoms with Crippen molar-refractivity contribution < 1.29 is 14.3 Å². The molecule has 1 heterocycles. The fourth-order valence-electron chi connectivity index (χ4n) is 2.46. The number of rotatable bonds is 10. The molecule has 0 bridgehead atoms. The fourth-order valence-corrected chi connectivity index (χ4v) is 2.46. The zero-order chi connectivity index (χ0) is 16.5. The minimum Gasteiger partial charge on any atom is -0.478 e. The van der Waals surface area contributed by atoms with E-state index in [2.05, 4.69) is 17.1 Å². The van der Waals surface area contributed by atoms with E-state index in [1.54, 1.807) is 12.1 Å². The van der Waals surface area contributed by atoms with Crippen molar-refractivity contribution in [3.63, 3.8) is 0 Å². The van der Waals surface area contributed by atoms with E-state index < -0.39 is 5.97 Å². The van der Waals surface area contributed by atoms with Crippen LogP contribution in [0.3, 0.4) is 0 Å². The number of carboxylic acids is 1. The number of carbonyl (C=O) groups is 1. The quantitative estimate of drug-likeness (QED) is 0.641. The molecule has 5 nitrogen and oxygen atoms in total. The summed E-state index contributed by atoms with van der Waals surface area (Å²) in [6, 6.07) is 6.46. The lowest BCUT2D eigenvalue weighted by molar-refractivity contribution is 0.0697. The third-order valence-electron chi connectivity index (χ3n) is 3.84. The fraction of sp³-hybridized carbons (Fsp3) is 0.500. The van der Waals surface area contributed by atoms with Gasteiger partial charge in [0.05, 0.1) is 5.56 Å². The number of aryl methyl sites for hydroxylation is 1. The van der Waals surface area contributed by atoms with Crippen LogP contribution in [0.15, 0.2) is 28.7 Å². The monoisotopic (exact) mass is 316 g/mol. The van der Waals surface area contributed by atoms with E-state index >= 15 is 0 Å². The van der Waals surface area contributed by atoms with Gasteiger partial charge in [0.25, 0.3) is 0 Å². The Morgan fingerprint density at radius 2 is 1.65 bits per heavy atom. The molecule has 124 valence electrons. The second-order valence-electron chi connectivity index (χ2n) is 5.75. The van der Waals surface area contributed by atoms with Crippen LogP contribution in [-0.2, 0) is 6.42 Å². The van der Waals surface area contributed by atoms with Crippen LogP contribution in [0.5, 0.6) is 0 Å². The average Bonchev–Trinajstić information content (AvgIpc) is 3.03. The molecule has 0 fully saturated rings. The Morgan fingerprint density at radius 3 is 2.30 bits per heavy atom. The highest BCUT2D eigenvalue weighted by molar-refractivity contribution is 5.88. The van der Waals surface area contributed by atoms with E-state index in [4.69, 9.17) is 9.52 Å². The number of aromatic carboxylic acids is 1. The summed E-state index contributed by atoms with van der Waals surface area (Å²) in [7, 11) is 0. The van der Waals surface area contributed by atoms with Crippen LogP contribution in [0.1, 0.15) is 68.1 Å². The van der Waals surface area contributed by atoms with Crippen molar-refractivity contribution in [2.75, 3.05) is 0 Å². The number of hydrogen-bond acceptors (Lipinski definition) is 4. The molecule has 0 atom stereocenters. The van der Waals surface area contributed by atoms with Crippen LogP contribution in [0, 0.1) is 0 Å². The van der Waals surface area contributed by atoms with Gasteiger partial charge >= 0.3 is 5.97 Å². The molecule has 23 heavy (non-hydrogen) atoms. The number of benzene rings is 1. The minimum absolute atomic E-state index is 0.247. The number of unbranched alkanes of at least 4 members (excludes halogenated alkanes) is 6. The molecule has 0 aliphatic carbocycles. The van der Waals surface area contributed by atoms with Crippen LogP contribution < -0.4 is 0 Å². The zero-order valence-corrected chi connectivity index (χ0v) is 13.6. The second-order valence-corrected chi connectivity index (χ2v) is 5.75. The Bertz CT molecular complexity index is 605. The lowest BCUT2D eigenvalue weighted by Crippen LogP contribution is -1.94. The first-order valence-electron chi connectivity index (χ1n) is 8.37. The summed E-state index contributed by atoms with van der Waals surface area (Å²) in [5.74, 6) is 0.150. The standard InChI is InChI=1S/C18H24N2O3/c1-2-3-4-5-6-7-8-9-16-19-20-17(23-16)14-10-12-15(13-11-14)18(21)22/h10-13H,2-9H2,1H3,(H,21,22). The van der Waals surface area contributed by atoms with Crippen LogP contribution in [0.4, 0.5) is 0 Å². The van der Waals surface area contributed by atoms with E-state index in [1.807, 2.05) is 0 Å². The summed E-state index contributed by atoms with van der Waals surface area (Å²) in [5, 5.41) is 17.0. The van der Waals surface area contributed by atoms with E-state index in [0.717, 1.165) is 18.4 Å². The van der Waals surface area contributed by atoms with Crippen molar-refractivity contribution in [3.8, 4) is 11.5 Å². The zero-order valence-electron chi connectivity index (χ0n) is 13.6. The van der Waals surface area contributed by atoms with E-state index in [9.17, 15) is 4.79 Å². The lowest BCUT2D eigenvalue weighted by atomic mass is 10.1. The van der Waals surface area contributed by atoms with E-state index in [1.165, 1.54) is 50.7 Å². The van der Waals surface area contributed by atoms with Crippen molar-refractivity contribution in [2.45, 2.75) is 58.3 Å². The molecule has 1 aromatic carbocycles. The number of nitrogens with zero attached hydrogens (tertiary/aromatic N) is 2. The van der Waals surface area contributed by atoms with Gasteiger partial charge in [-0.1, -0.05) is 45.4 Å². The maximum Gasteiger partial charge on any atom is 0.335 e. The first-order valence-corrected chi connectivity index (χ1v) is 8.37. The van der Waals surface area contributed by atoms with Crippen molar-refractivity contribution in [3.05, 3.63) is 35.7 Å². The smallest absolute Gasteiger partial charge is 0.335 e. The molecule has 0 unspecified atom stereocenters. The predicted molar refractivity (Wildman–Crippen MR) is 88.4 cm³/mol. The molecule has 0 amide bonds. The highest BCUT2D eigenvalue weighted by Gasteiger charge is 2.09. The van der Waals surface area contributed by atoms with Crippen molar-refractivity contribution in [1.29, 1.82) is 0 Å². The SMILES string of the molecule is CCCCCCCCCc1nnc(-c2ccc(C(=O)O)cc2)o1. The summed E-state index contributed by atoms with van der Waals surface area (Å²) >= 11 is 0. The van der Waals surface area contributed by atoms with Crippen molar-refractivity contribution in [2.24, 2.45) is 0 Å². The van der Waals surface area contributed by atoms with Gasteiger partial charge in [0.2, 0.25) is 11.8 Å². The highest BCUT2D eigenvalue weighted by atomic mass is 16.4. The Hall–Kier alpha value is -2.17. The van der Waals surface area contributed by atoms with Gasteiger partial charge in [-0.3, -0.25) is 0 Å². The van der Waals surface area contributed by atoms with Crippen molar-refractivity contribution in [1.82, 2.24) is 10.2 Å². The second kappa shape index (κ2) is 9.08. The molecule has 0 aliphatic heterocycles. The number of aromatic nitrogens is 2. The van der Waals surface area contributed by atoms with E-state index in [-0.39, 0.29) is 5.56 Å². The average molecular weight is 316 g/mol. The normalized spacial score (nSPS) is 10.8. The Kier molecular flexibility index (Phi) is 6.78. The summed E-state index contributed by atoms with van der Waals surface area (Å²) in [6.07, 6.45) is 9.55. The van der Waals surface area contributed by atoms with Crippen LogP contribution in [0.25, 0.3) is 11.5 Å². The molecule has 5 heteroatoms. The van der Waals surface area contributed by atoms with Gasteiger partial charge in [-0.25, -0.2) is 4.79 Å². The van der Waals surface area contributed by atoms with Gasteiger partial charge < -0.3 is 9.52 Å². The van der Waals surface area contributed by atoms with Crippen LogP contribution in [0.2, 0.25) is 0 Å². The highest BCUT2D eigenvalue weighted by Crippen LogP contribution is 2.19. The summed E-state index contributed by atoms with van der Waals surface area (Å²) < 4.78 is 5.65. The Balaban J connectivity index is 1.78. The van der Waals surface area contributed by atoms with Crippen LogP contribution >= 0.6 is 0 Å². The van der Waals surface area contributed by atoms with E-state index in [0.29, 0.717) is 11.8 Å². The third-order valence-corrected chi connectivity index (χ3v) is 3.84. The Morgan fingerprint density at radius 1 is 1.00 bits per heavy atom. The van der Waals surface area contributed by atoms with Gasteiger partial charge in [0, 0.05) is 12.0 Å². The van der Waals surface area contributed by atoms with Gasteiger partial charge in [-0.15, -0.1) is 10.2 Å². The van der Waals surface area contributed by atoms with Crippen LogP contribution in [-0.4, -0.2) is 21.3 Å². The molecule has 0 saturated heterocycles. The van der Waals surface area contributed by atoms with Crippen molar-refractivity contribution >= 4 is 5.97 Å². The third kappa shape index (κ3) is 5.51. The topological polar surface area (TPSA) is 76.2 Å².